The van der Waals surface area contributed by atoms with Gasteiger partial charge in [0.1, 0.15) is 5.60 Å². The van der Waals surface area contributed by atoms with Gasteiger partial charge in [0, 0.05) is 0 Å². The molecule has 0 amide bonds. The molecule has 0 N–H and O–H groups in total. The van der Waals surface area contributed by atoms with Crippen LogP contribution < -0.4 is 0 Å². The molecule has 4 nitrogen and oxygen atoms in total. The number of rotatable bonds is 10. The van der Waals surface area contributed by atoms with Gasteiger partial charge in [-0.3, -0.25) is 9.59 Å². The maximum atomic E-state index is 13.1. The summed E-state index contributed by atoms with van der Waals surface area (Å²) < 4.78 is 87.0. The monoisotopic (exact) mass is 478 g/mol. The summed E-state index contributed by atoms with van der Waals surface area (Å²) in [5, 5.41) is 0. The van der Waals surface area contributed by atoms with E-state index < -0.39 is 53.2 Å². The summed E-state index contributed by atoms with van der Waals surface area (Å²) in [6, 6.07) is 0. The lowest BCUT2D eigenvalue weighted by atomic mass is 9.75. The van der Waals surface area contributed by atoms with Crippen LogP contribution in [-0.2, 0) is 19.1 Å². The van der Waals surface area contributed by atoms with Gasteiger partial charge in [0.25, 0.3) is 6.10 Å². The molecule has 32 heavy (non-hydrogen) atoms. The van der Waals surface area contributed by atoms with E-state index in [1.54, 1.807) is 13.8 Å². The molecule has 0 aromatic rings. The molecular weight excluding hydrogens is 442 g/mol. The van der Waals surface area contributed by atoms with Crippen LogP contribution in [0.4, 0.5) is 26.3 Å². The molecule has 0 rings (SSSR count). The highest BCUT2D eigenvalue weighted by Gasteiger charge is 2.61. The van der Waals surface area contributed by atoms with Gasteiger partial charge < -0.3 is 9.47 Å². The number of halogens is 6. The molecule has 0 radical (unpaired) electrons. The molecular formula is C22H36F6O4. The third kappa shape index (κ3) is 8.14. The van der Waals surface area contributed by atoms with E-state index in [4.69, 9.17) is 4.74 Å². The van der Waals surface area contributed by atoms with Crippen molar-refractivity contribution >= 4 is 11.9 Å². The maximum Gasteiger partial charge on any atom is 0.434 e. The molecule has 0 spiro atoms. The molecule has 0 bridgehead atoms. The molecule has 0 fully saturated rings. The smallest absolute Gasteiger partial charge is 0.434 e. The van der Waals surface area contributed by atoms with Crippen molar-refractivity contribution in [3.63, 3.8) is 0 Å². The Labute approximate surface area is 186 Å². The van der Waals surface area contributed by atoms with Crippen LogP contribution in [0.25, 0.3) is 0 Å². The van der Waals surface area contributed by atoms with Crippen LogP contribution in [0, 0.1) is 23.2 Å². The van der Waals surface area contributed by atoms with E-state index in [1.165, 1.54) is 6.92 Å². The topological polar surface area (TPSA) is 52.6 Å². The van der Waals surface area contributed by atoms with Gasteiger partial charge in [-0.1, -0.05) is 55.4 Å². The van der Waals surface area contributed by atoms with Crippen molar-refractivity contribution in [2.45, 2.75) is 105 Å². The minimum atomic E-state index is -5.82. The fourth-order valence-electron chi connectivity index (χ4n) is 3.78. The molecule has 0 saturated carbocycles. The Bertz CT molecular complexity index is 601. The van der Waals surface area contributed by atoms with Crippen molar-refractivity contribution in [2.75, 3.05) is 0 Å². The third-order valence-electron chi connectivity index (χ3n) is 5.69. The predicted octanol–water partition coefficient (Wildman–Crippen LogP) is 6.86. The highest BCUT2D eigenvalue weighted by molar-refractivity contribution is 5.77. The Kier molecular flexibility index (Phi) is 10.6. The molecule has 10 heteroatoms. The highest BCUT2D eigenvalue weighted by Crippen LogP contribution is 2.41. The molecule has 0 heterocycles. The zero-order valence-electron chi connectivity index (χ0n) is 20.0. The molecule has 2 unspecified atom stereocenters. The van der Waals surface area contributed by atoms with Gasteiger partial charge in [-0.25, -0.2) is 0 Å². The molecule has 0 saturated heterocycles. The second kappa shape index (κ2) is 11.1. The first-order valence-electron chi connectivity index (χ1n) is 10.8. The number of ether oxygens (including phenoxy) is 2. The standard InChI is InChI=1S/C22H36F6O4/c1-9-14(16(29)31-18(21(23,24)25)22(26,27)28)20(10-2,11-3)32-17(30)15(12-13(4)5)19(6,7)8/h13-15,18H,9-12H2,1-8H3. The lowest BCUT2D eigenvalue weighted by Gasteiger charge is -2.40. The number of hydrogen-bond donors (Lipinski definition) is 0. The van der Waals surface area contributed by atoms with E-state index >= 15 is 0 Å². The lowest BCUT2D eigenvalue weighted by molar-refractivity contribution is -0.315. The number of carbonyl (C=O) groups is 2. The minimum absolute atomic E-state index is 0.0179. The number of alkyl halides is 6. The summed E-state index contributed by atoms with van der Waals surface area (Å²) in [6.07, 6.45) is -15.6. The number of hydrogen-bond acceptors (Lipinski definition) is 4. The van der Waals surface area contributed by atoms with E-state index in [-0.39, 0.29) is 25.2 Å². The van der Waals surface area contributed by atoms with Crippen molar-refractivity contribution in [3.8, 4) is 0 Å². The molecule has 0 aromatic heterocycles. The van der Waals surface area contributed by atoms with E-state index in [1.807, 2.05) is 34.6 Å². The Hall–Kier alpha value is -1.48. The Morgan fingerprint density at radius 3 is 1.50 bits per heavy atom. The number of carbonyl (C=O) groups excluding carboxylic acids is 2. The minimum Gasteiger partial charge on any atom is -0.458 e. The van der Waals surface area contributed by atoms with Gasteiger partial charge in [0.05, 0.1) is 11.8 Å². The Balaban J connectivity index is 6.06. The first-order chi connectivity index (χ1) is 14.3. The SMILES string of the molecule is CCC(C(=O)OC(C(F)(F)F)C(F)(F)F)C(CC)(CC)OC(=O)C(CC(C)C)C(C)(C)C. The van der Waals surface area contributed by atoms with Gasteiger partial charge in [-0.2, -0.15) is 26.3 Å². The van der Waals surface area contributed by atoms with Gasteiger partial charge in [0.2, 0.25) is 0 Å². The molecule has 190 valence electrons. The first-order valence-corrected chi connectivity index (χ1v) is 10.8. The summed E-state index contributed by atoms with van der Waals surface area (Å²) in [4.78, 5) is 25.7. The van der Waals surface area contributed by atoms with E-state index in [0.29, 0.717) is 6.42 Å². The van der Waals surface area contributed by atoms with E-state index in [9.17, 15) is 35.9 Å². The van der Waals surface area contributed by atoms with E-state index in [2.05, 4.69) is 4.74 Å². The number of esters is 2. The zero-order chi connectivity index (χ0) is 25.7. The van der Waals surface area contributed by atoms with Crippen LogP contribution in [-0.4, -0.2) is 36.0 Å². The van der Waals surface area contributed by atoms with Crippen LogP contribution in [0.3, 0.4) is 0 Å². The fourth-order valence-corrected chi connectivity index (χ4v) is 3.78. The fraction of sp³-hybridized carbons (Fsp3) is 0.909. The van der Waals surface area contributed by atoms with Gasteiger partial charge in [0.15, 0.2) is 0 Å². The van der Waals surface area contributed by atoms with Crippen LogP contribution in [0.5, 0.6) is 0 Å². The second-order valence-electron chi connectivity index (χ2n) is 9.60. The van der Waals surface area contributed by atoms with Crippen molar-refractivity contribution < 1.29 is 45.4 Å². The second-order valence-corrected chi connectivity index (χ2v) is 9.60. The summed E-state index contributed by atoms with van der Waals surface area (Å²) in [5.74, 6) is -4.26. The largest absolute Gasteiger partial charge is 0.458 e. The molecule has 0 aliphatic carbocycles. The maximum absolute atomic E-state index is 13.1. The van der Waals surface area contributed by atoms with Crippen LogP contribution in [0.15, 0.2) is 0 Å². The highest BCUT2D eigenvalue weighted by atomic mass is 19.4. The van der Waals surface area contributed by atoms with Crippen molar-refractivity contribution in [3.05, 3.63) is 0 Å². The van der Waals surface area contributed by atoms with Crippen molar-refractivity contribution in [1.29, 1.82) is 0 Å². The first kappa shape index (κ1) is 30.5. The molecule has 0 aromatic carbocycles. The average Bonchev–Trinajstić information content (AvgIpc) is 2.60. The zero-order valence-corrected chi connectivity index (χ0v) is 20.0. The van der Waals surface area contributed by atoms with Crippen LogP contribution >= 0.6 is 0 Å². The van der Waals surface area contributed by atoms with Crippen molar-refractivity contribution in [1.82, 2.24) is 0 Å². The molecule has 2 atom stereocenters. The van der Waals surface area contributed by atoms with Gasteiger partial charge in [-0.15, -0.1) is 0 Å². The third-order valence-corrected chi connectivity index (χ3v) is 5.69. The summed E-state index contributed by atoms with van der Waals surface area (Å²) in [7, 11) is 0. The quantitative estimate of drug-likeness (QED) is 0.254. The normalized spacial score (nSPS) is 15.6. The average molecular weight is 479 g/mol. The van der Waals surface area contributed by atoms with Gasteiger partial charge >= 0.3 is 24.3 Å². The van der Waals surface area contributed by atoms with Crippen LogP contribution in [0.1, 0.15) is 81.1 Å². The Morgan fingerprint density at radius 2 is 1.22 bits per heavy atom. The molecule has 0 aliphatic rings. The molecule has 0 aliphatic heterocycles. The van der Waals surface area contributed by atoms with Gasteiger partial charge in [-0.05, 0) is 37.0 Å². The van der Waals surface area contributed by atoms with Crippen molar-refractivity contribution in [2.24, 2.45) is 23.2 Å². The lowest BCUT2D eigenvalue weighted by Crippen LogP contribution is -2.51. The summed E-state index contributed by atoms with van der Waals surface area (Å²) in [5.41, 5.74) is -2.10. The van der Waals surface area contributed by atoms with E-state index in [0.717, 1.165) is 0 Å². The predicted molar refractivity (Wildman–Crippen MR) is 108 cm³/mol. The Morgan fingerprint density at radius 1 is 0.781 bits per heavy atom. The van der Waals surface area contributed by atoms with Crippen LogP contribution in [0.2, 0.25) is 0 Å². The summed E-state index contributed by atoms with van der Waals surface area (Å²) >= 11 is 0. The summed E-state index contributed by atoms with van der Waals surface area (Å²) in [6.45, 7) is 13.9.